The first-order valence-corrected chi connectivity index (χ1v) is 7.33. The van der Waals surface area contributed by atoms with E-state index in [-0.39, 0.29) is 0 Å². The molecule has 1 aromatic rings. The second-order valence-corrected chi connectivity index (χ2v) is 5.92. The minimum absolute atomic E-state index is 0.699. The van der Waals surface area contributed by atoms with Crippen LogP contribution in [-0.4, -0.2) is 34.8 Å². The van der Waals surface area contributed by atoms with Gasteiger partial charge in [0.25, 0.3) is 0 Å². The Hall–Kier alpha value is -1.39. The van der Waals surface area contributed by atoms with E-state index in [9.17, 15) is 0 Å². The molecular formula is C14H25N5. The molecule has 1 aliphatic rings. The summed E-state index contributed by atoms with van der Waals surface area (Å²) in [6.45, 7) is 9.77. The maximum Gasteiger partial charge on any atom is 0.247 e. The van der Waals surface area contributed by atoms with E-state index in [1.165, 1.54) is 12.8 Å². The van der Waals surface area contributed by atoms with E-state index in [4.69, 9.17) is 0 Å². The monoisotopic (exact) mass is 263 g/mol. The fourth-order valence-corrected chi connectivity index (χ4v) is 2.21. The van der Waals surface area contributed by atoms with Gasteiger partial charge in [-0.25, -0.2) is 0 Å². The number of rotatable bonds is 5. The minimum atomic E-state index is 0.699. The van der Waals surface area contributed by atoms with Crippen LogP contribution in [0.3, 0.4) is 0 Å². The maximum atomic E-state index is 4.56. The molecule has 1 fully saturated rings. The van der Waals surface area contributed by atoms with Crippen LogP contribution in [0, 0.1) is 11.8 Å². The molecule has 19 heavy (non-hydrogen) atoms. The lowest BCUT2D eigenvalue weighted by Gasteiger charge is -2.29. The van der Waals surface area contributed by atoms with Gasteiger partial charge in [-0.3, -0.25) is 0 Å². The molecule has 1 aromatic heterocycles. The van der Waals surface area contributed by atoms with Crippen LogP contribution in [0.2, 0.25) is 0 Å². The summed E-state index contributed by atoms with van der Waals surface area (Å²) in [6, 6.07) is 0. The van der Waals surface area contributed by atoms with Crippen molar-refractivity contribution >= 4 is 11.8 Å². The highest BCUT2D eigenvalue weighted by molar-refractivity contribution is 5.39. The second kappa shape index (κ2) is 6.68. The zero-order valence-electron chi connectivity index (χ0n) is 12.3. The van der Waals surface area contributed by atoms with Gasteiger partial charge in [0.05, 0.1) is 6.20 Å². The van der Waals surface area contributed by atoms with E-state index < -0.39 is 0 Å². The number of anilines is 2. The largest absolute Gasteiger partial charge is 0.369 e. The predicted molar refractivity (Wildman–Crippen MR) is 78.4 cm³/mol. The number of nitrogens with one attached hydrogen (secondary N) is 1. The van der Waals surface area contributed by atoms with E-state index >= 15 is 0 Å². The SMILES string of the molecule is CC(C)CCNc1cnnc(N2CCC(C)CC2)n1. The van der Waals surface area contributed by atoms with Crippen LogP contribution in [0.15, 0.2) is 6.20 Å². The molecule has 2 rings (SSSR count). The second-order valence-electron chi connectivity index (χ2n) is 5.92. The van der Waals surface area contributed by atoms with E-state index in [1.54, 1.807) is 6.20 Å². The zero-order chi connectivity index (χ0) is 13.7. The molecule has 1 N–H and O–H groups in total. The molecule has 5 heteroatoms. The highest BCUT2D eigenvalue weighted by Gasteiger charge is 2.18. The van der Waals surface area contributed by atoms with Gasteiger partial charge in [-0.2, -0.15) is 10.1 Å². The van der Waals surface area contributed by atoms with Crippen molar-refractivity contribution in [3.63, 3.8) is 0 Å². The molecule has 5 nitrogen and oxygen atoms in total. The Morgan fingerprint density at radius 2 is 2.11 bits per heavy atom. The van der Waals surface area contributed by atoms with Crippen LogP contribution >= 0.6 is 0 Å². The van der Waals surface area contributed by atoms with Crippen LogP contribution < -0.4 is 10.2 Å². The van der Waals surface area contributed by atoms with Crippen LogP contribution in [0.5, 0.6) is 0 Å². The van der Waals surface area contributed by atoms with E-state index in [0.717, 1.165) is 43.7 Å². The molecule has 0 spiro atoms. The fourth-order valence-electron chi connectivity index (χ4n) is 2.21. The fraction of sp³-hybridized carbons (Fsp3) is 0.786. The molecule has 0 aliphatic carbocycles. The first-order valence-electron chi connectivity index (χ1n) is 7.33. The summed E-state index contributed by atoms with van der Waals surface area (Å²) in [5, 5.41) is 11.5. The topological polar surface area (TPSA) is 53.9 Å². The van der Waals surface area contributed by atoms with Gasteiger partial charge in [0.2, 0.25) is 5.95 Å². The van der Waals surface area contributed by atoms with E-state index in [2.05, 4.69) is 46.2 Å². The molecule has 0 aromatic carbocycles. The Morgan fingerprint density at radius 1 is 1.37 bits per heavy atom. The van der Waals surface area contributed by atoms with Gasteiger partial charge < -0.3 is 10.2 Å². The van der Waals surface area contributed by atoms with Crippen LogP contribution in [0.25, 0.3) is 0 Å². The predicted octanol–water partition coefficient (Wildman–Crippen LogP) is 2.57. The Kier molecular flexibility index (Phi) is 4.93. The molecule has 0 atom stereocenters. The van der Waals surface area contributed by atoms with Crippen molar-refractivity contribution < 1.29 is 0 Å². The molecule has 106 valence electrons. The zero-order valence-corrected chi connectivity index (χ0v) is 12.3. The molecule has 2 heterocycles. The standard InChI is InChI=1S/C14H25N5/c1-11(2)4-7-15-13-10-16-18-14(17-13)19-8-5-12(3)6-9-19/h10-12H,4-9H2,1-3H3,(H,15,17,18). The average molecular weight is 263 g/mol. The first-order chi connectivity index (χ1) is 9.15. The summed E-state index contributed by atoms with van der Waals surface area (Å²) in [5.41, 5.74) is 0. The summed E-state index contributed by atoms with van der Waals surface area (Å²) in [4.78, 5) is 6.80. The highest BCUT2D eigenvalue weighted by atomic mass is 15.3. The van der Waals surface area contributed by atoms with Crippen molar-refractivity contribution in [2.24, 2.45) is 11.8 Å². The molecule has 0 bridgehead atoms. The van der Waals surface area contributed by atoms with Gasteiger partial charge in [-0.15, -0.1) is 5.10 Å². The Labute approximate surface area is 115 Å². The summed E-state index contributed by atoms with van der Waals surface area (Å²) >= 11 is 0. The molecule has 0 amide bonds. The molecule has 1 saturated heterocycles. The van der Waals surface area contributed by atoms with Gasteiger partial charge in [-0.1, -0.05) is 20.8 Å². The van der Waals surface area contributed by atoms with Crippen LogP contribution in [0.4, 0.5) is 11.8 Å². The minimum Gasteiger partial charge on any atom is -0.369 e. The van der Waals surface area contributed by atoms with E-state index in [1.807, 2.05) is 0 Å². The lowest BCUT2D eigenvalue weighted by Crippen LogP contribution is -2.34. The van der Waals surface area contributed by atoms with Crippen molar-refractivity contribution in [3.8, 4) is 0 Å². The normalized spacial score (nSPS) is 16.9. The number of nitrogens with zero attached hydrogens (tertiary/aromatic N) is 4. The van der Waals surface area contributed by atoms with Gasteiger partial charge in [-0.05, 0) is 31.1 Å². The van der Waals surface area contributed by atoms with Gasteiger partial charge >= 0.3 is 0 Å². The molecule has 0 saturated carbocycles. The number of piperidine rings is 1. The number of hydrogen-bond donors (Lipinski definition) is 1. The van der Waals surface area contributed by atoms with Crippen molar-refractivity contribution in [3.05, 3.63) is 6.20 Å². The average Bonchev–Trinajstić information content (AvgIpc) is 2.39. The first kappa shape index (κ1) is 14.0. The van der Waals surface area contributed by atoms with Crippen molar-refractivity contribution in [1.29, 1.82) is 0 Å². The third-order valence-electron chi connectivity index (χ3n) is 3.64. The molecular weight excluding hydrogens is 238 g/mol. The summed E-state index contributed by atoms with van der Waals surface area (Å²) in [6.07, 6.45) is 5.28. The molecule has 0 radical (unpaired) electrons. The van der Waals surface area contributed by atoms with Crippen molar-refractivity contribution in [2.75, 3.05) is 29.9 Å². The van der Waals surface area contributed by atoms with Crippen LogP contribution in [-0.2, 0) is 0 Å². The van der Waals surface area contributed by atoms with Gasteiger partial charge in [0.15, 0.2) is 5.82 Å². The third-order valence-corrected chi connectivity index (χ3v) is 3.64. The molecule has 1 aliphatic heterocycles. The van der Waals surface area contributed by atoms with Gasteiger partial charge in [0, 0.05) is 19.6 Å². The highest BCUT2D eigenvalue weighted by Crippen LogP contribution is 2.20. The third kappa shape index (κ3) is 4.33. The lowest BCUT2D eigenvalue weighted by atomic mass is 10.00. The van der Waals surface area contributed by atoms with Crippen molar-refractivity contribution in [2.45, 2.75) is 40.0 Å². The maximum absolute atomic E-state index is 4.56. The number of aromatic nitrogens is 3. The summed E-state index contributed by atoms with van der Waals surface area (Å²) in [7, 11) is 0. The Balaban J connectivity index is 1.91. The van der Waals surface area contributed by atoms with Crippen molar-refractivity contribution in [1.82, 2.24) is 15.2 Å². The van der Waals surface area contributed by atoms with Crippen LogP contribution in [0.1, 0.15) is 40.0 Å². The summed E-state index contributed by atoms with van der Waals surface area (Å²) in [5.74, 6) is 3.12. The summed E-state index contributed by atoms with van der Waals surface area (Å²) < 4.78 is 0. The number of hydrogen-bond acceptors (Lipinski definition) is 5. The van der Waals surface area contributed by atoms with E-state index in [0.29, 0.717) is 5.92 Å². The Bertz CT molecular complexity index is 385. The molecule has 0 unspecified atom stereocenters. The lowest BCUT2D eigenvalue weighted by molar-refractivity contribution is 0.433. The Morgan fingerprint density at radius 3 is 2.79 bits per heavy atom. The van der Waals surface area contributed by atoms with Gasteiger partial charge in [0.1, 0.15) is 0 Å². The quantitative estimate of drug-likeness (QED) is 0.885. The smallest absolute Gasteiger partial charge is 0.247 e.